The molecule has 0 bridgehead atoms. The topological polar surface area (TPSA) is 42.6 Å². The summed E-state index contributed by atoms with van der Waals surface area (Å²) in [5, 5.41) is 10.3. The Morgan fingerprint density at radius 3 is 2.68 bits per heavy atom. The van der Waals surface area contributed by atoms with E-state index in [1.165, 1.54) is 0 Å². The molecule has 3 rings (SSSR count). The van der Waals surface area contributed by atoms with E-state index in [1.54, 1.807) is 6.07 Å². The Balaban J connectivity index is 1.83. The summed E-state index contributed by atoms with van der Waals surface area (Å²) in [6.45, 7) is 0. The van der Waals surface area contributed by atoms with Gasteiger partial charge in [-0.15, -0.1) is 0 Å². The van der Waals surface area contributed by atoms with Crippen LogP contribution in [0.25, 0.3) is 0 Å². The van der Waals surface area contributed by atoms with Crippen LogP contribution in [0.5, 0.6) is 5.75 Å². The second kappa shape index (κ2) is 5.31. The normalized spacial score (nSPS) is 16.4. The van der Waals surface area contributed by atoms with Crippen molar-refractivity contribution in [2.45, 2.75) is 25.0 Å². The smallest absolute Gasteiger partial charge is 0.183 e. The van der Waals surface area contributed by atoms with Gasteiger partial charge in [0.05, 0.1) is 10.6 Å². The predicted molar refractivity (Wildman–Crippen MR) is 78.3 cm³/mol. The van der Waals surface area contributed by atoms with Crippen molar-refractivity contribution in [1.29, 1.82) is 0 Å². The molecule has 1 aliphatic rings. The molecule has 100 valence electrons. The molecule has 1 atom stereocenters. The van der Waals surface area contributed by atoms with Crippen molar-refractivity contribution < 1.29 is 14.3 Å². The molecule has 2 aromatic rings. The number of halogens is 2. The second-order valence-corrected chi connectivity index (χ2v) is 6.14. The highest BCUT2D eigenvalue weighted by atomic mass is 79.9. The predicted octanol–water partition coefficient (Wildman–Crippen LogP) is 4.43. The molecule has 1 aromatic heterocycles. The number of hydrogen-bond acceptors (Lipinski definition) is 3. The highest BCUT2D eigenvalue weighted by Crippen LogP contribution is 2.34. The van der Waals surface area contributed by atoms with Gasteiger partial charge in [-0.05, 0) is 68.5 Å². The summed E-state index contributed by atoms with van der Waals surface area (Å²) >= 11 is 6.60. The van der Waals surface area contributed by atoms with E-state index in [0.29, 0.717) is 16.5 Å². The first-order chi connectivity index (χ1) is 9.13. The SMILES string of the molecule is OC(c1cccc(OC2CC2)c1)c1cc(Br)c(Br)o1. The van der Waals surface area contributed by atoms with E-state index in [-0.39, 0.29) is 0 Å². The molecule has 0 amide bonds. The fraction of sp³-hybridized carbons (Fsp3) is 0.286. The average molecular weight is 388 g/mol. The molecule has 3 nitrogen and oxygen atoms in total. The summed E-state index contributed by atoms with van der Waals surface area (Å²) in [5.41, 5.74) is 0.756. The number of ether oxygens (including phenoxy) is 1. The Labute approximate surface area is 127 Å². The molecule has 0 radical (unpaired) electrons. The molecule has 0 saturated heterocycles. The molecule has 1 saturated carbocycles. The van der Waals surface area contributed by atoms with Crippen molar-refractivity contribution in [2.75, 3.05) is 0 Å². The number of rotatable bonds is 4. The minimum Gasteiger partial charge on any atom is -0.490 e. The maximum atomic E-state index is 10.3. The van der Waals surface area contributed by atoms with Gasteiger partial charge in [0.2, 0.25) is 0 Å². The Hall–Kier alpha value is -0.780. The van der Waals surface area contributed by atoms with Gasteiger partial charge in [-0.1, -0.05) is 12.1 Å². The molecule has 5 heteroatoms. The third-order valence-electron chi connectivity index (χ3n) is 2.93. The molecular formula is C14H12Br2O3. The third-order valence-corrected chi connectivity index (χ3v) is 4.64. The van der Waals surface area contributed by atoms with Crippen molar-refractivity contribution in [3.05, 3.63) is 50.8 Å². The first kappa shape index (κ1) is 13.2. The Morgan fingerprint density at radius 1 is 1.26 bits per heavy atom. The Kier molecular flexibility index (Phi) is 3.69. The second-order valence-electron chi connectivity index (χ2n) is 4.56. The number of hydrogen-bond donors (Lipinski definition) is 1. The van der Waals surface area contributed by atoms with E-state index in [9.17, 15) is 5.11 Å². The molecule has 19 heavy (non-hydrogen) atoms. The van der Waals surface area contributed by atoms with E-state index >= 15 is 0 Å². The number of aliphatic hydroxyl groups excluding tert-OH is 1. The Bertz CT molecular complexity index is 571. The van der Waals surface area contributed by atoms with Gasteiger partial charge in [-0.2, -0.15) is 0 Å². The lowest BCUT2D eigenvalue weighted by Gasteiger charge is -2.10. The zero-order valence-corrected chi connectivity index (χ0v) is 13.1. The van der Waals surface area contributed by atoms with Crippen LogP contribution in [0.4, 0.5) is 0 Å². The van der Waals surface area contributed by atoms with Crippen molar-refractivity contribution in [3.63, 3.8) is 0 Å². The van der Waals surface area contributed by atoms with Gasteiger partial charge >= 0.3 is 0 Å². The molecule has 0 aliphatic heterocycles. The van der Waals surface area contributed by atoms with Crippen LogP contribution < -0.4 is 4.74 Å². The first-order valence-electron chi connectivity index (χ1n) is 6.03. The van der Waals surface area contributed by atoms with Gasteiger partial charge in [0.15, 0.2) is 4.67 Å². The first-order valence-corrected chi connectivity index (χ1v) is 7.61. The van der Waals surface area contributed by atoms with E-state index in [0.717, 1.165) is 28.6 Å². The zero-order valence-electron chi connectivity index (χ0n) is 9.98. The highest BCUT2D eigenvalue weighted by molar-refractivity contribution is 9.13. The van der Waals surface area contributed by atoms with Crippen LogP contribution in [0, 0.1) is 0 Å². The molecule has 1 heterocycles. The minimum absolute atomic E-state index is 0.347. The fourth-order valence-electron chi connectivity index (χ4n) is 1.80. The van der Waals surface area contributed by atoms with Crippen LogP contribution in [-0.2, 0) is 0 Å². The van der Waals surface area contributed by atoms with Crippen molar-refractivity contribution >= 4 is 31.9 Å². The van der Waals surface area contributed by atoms with E-state index in [2.05, 4.69) is 31.9 Å². The van der Waals surface area contributed by atoms with Crippen molar-refractivity contribution in [3.8, 4) is 5.75 Å². The van der Waals surface area contributed by atoms with Crippen LogP contribution >= 0.6 is 31.9 Å². The van der Waals surface area contributed by atoms with Gasteiger partial charge in [-0.25, -0.2) is 0 Å². The monoisotopic (exact) mass is 386 g/mol. The van der Waals surface area contributed by atoms with Gasteiger partial charge in [0.1, 0.15) is 17.6 Å². The maximum Gasteiger partial charge on any atom is 0.183 e. The summed E-state index contributed by atoms with van der Waals surface area (Å²) in [5.74, 6) is 1.28. The quantitative estimate of drug-likeness (QED) is 0.843. The Morgan fingerprint density at radius 2 is 2.05 bits per heavy atom. The standard InChI is InChI=1S/C14H12Br2O3/c15-11-7-12(19-14(11)16)13(17)8-2-1-3-10(6-8)18-9-4-5-9/h1-3,6-7,9,13,17H,4-5H2. The average Bonchev–Trinajstić information content (AvgIpc) is 3.15. The molecule has 1 fully saturated rings. The summed E-state index contributed by atoms with van der Waals surface area (Å²) in [6, 6.07) is 9.25. The third kappa shape index (κ3) is 3.04. The van der Waals surface area contributed by atoms with Crippen molar-refractivity contribution in [2.24, 2.45) is 0 Å². The largest absolute Gasteiger partial charge is 0.490 e. The summed E-state index contributed by atoms with van der Waals surface area (Å²) in [4.78, 5) is 0. The number of benzene rings is 1. The van der Waals surface area contributed by atoms with E-state index in [4.69, 9.17) is 9.15 Å². The summed E-state index contributed by atoms with van der Waals surface area (Å²) in [6.07, 6.45) is 1.78. The minimum atomic E-state index is -0.801. The van der Waals surface area contributed by atoms with Crippen LogP contribution in [0.1, 0.15) is 30.3 Å². The van der Waals surface area contributed by atoms with Crippen LogP contribution in [0.15, 0.2) is 43.9 Å². The lowest BCUT2D eigenvalue weighted by molar-refractivity contribution is 0.187. The van der Waals surface area contributed by atoms with Gasteiger partial charge < -0.3 is 14.3 Å². The molecule has 1 N–H and O–H groups in total. The van der Waals surface area contributed by atoms with Gasteiger partial charge in [0.25, 0.3) is 0 Å². The lowest BCUT2D eigenvalue weighted by atomic mass is 10.1. The maximum absolute atomic E-state index is 10.3. The van der Waals surface area contributed by atoms with Crippen LogP contribution in [0.2, 0.25) is 0 Å². The number of furan rings is 1. The summed E-state index contributed by atoms with van der Waals surface area (Å²) < 4.78 is 12.5. The van der Waals surface area contributed by atoms with Crippen LogP contribution in [-0.4, -0.2) is 11.2 Å². The molecule has 0 spiro atoms. The van der Waals surface area contributed by atoms with E-state index < -0.39 is 6.10 Å². The lowest BCUT2D eigenvalue weighted by Crippen LogP contribution is -2.00. The molecule has 1 aromatic carbocycles. The molecule has 1 aliphatic carbocycles. The van der Waals surface area contributed by atoms with E-state index in [1.807, 2.05) is 24.3 Å². The van der Waals surface area contributed by atoms with Gasteiger partial charge in [0, 0.05) is 0 Å². The highest BCUT2D eigenvalue weighted by Gasteiger charge is 2.24. The van der Waals surface area contributed by atoms with Crippen LogP contribution in [0.3, 0.4) is 0 Å². The molecular weight excluding hydrogens is 376 g/mol. The molecule has 1 unspecified atom stereocenters. The van der Waals surface area contributed by atoms with Crippen molar-refractivity contribution in [1.82, 2.24) is 0 Å². The fourth-order valence-corrected chi connectivity index (χ4v) is 2.41. The zero-order chi connectivity index (χ0) is 13.4. The van der Waals surface area contributed by atoms with Gasteiger partial charge in [-0.3, -0.25) is 0 Å². The number of aliphatic hydroxyl groups is 1. The summed E-state index contributed by atoms with van der Waals surface area (Å²) in [7, 11) is 0.